The van der Waals surface area contributed by atoms with Crippen LogP contribution in [-0.4, -0.2) is 39.0 Å². The van der Waals surface area contributed by atoms with Crippen LogP contribution < -0.4 is 10.6 Å². The third-order valence-corrected chi connectivity index (χ3v) is 3.56. The van der Waals surface area contributed by atoms with Crippen molar-refractivity contribution in [3.8, 4) is 5.69 Å². The summed E-state index contributed by atoms with van der Waals surface area (Å²) in [5, 5.41) is 12.5. The molecular formula is C14H14FN5O2S. The minimum Gasteiger partial charge on any atom is -0.334 e. The molecule has 2 rings (SSSR count). The van der Waals surface area contributed by atoms with Gasteiger partial charge in [0.1, 0.15) is 12.1 Å². The average Bonchev–Trinajstić information content (AvgIpc) is 2.99. The van der Waals surface area contributed by atoms with E-state index in [1.165, 1.54) is 23.0 Å². The van der Waals surface area contributed by atoms with E-state index in [0.717, 1.165) is 11.8 Å². The molecule has 1 aromatic carbocycles. The van der Waals surface area contributed by atoms with E-state index in [0.29, 0.717) is 5.16 Å². The van der Waals surface area contributed by atoms with Crippen LogP contribution in [0.3, 0.4) is 0 Å². The fraction of sp³-hybridized carbons (Fsp3) is 0.143. The average molecular weight is 335 g/mol. The van der Waals surface area contributed by atoms with Gasteiger partial charge in [0.2, 0.25) is 5.91 Å². The van der Waals surface area contributed by atoms with Crippen LogP contribution in [0.4, 0.5) is 9.18 Å². The Morgan fingerprint density at radius 1 is 1.39 bits per heavy atom. The van der Waals surface area contributed by atoms with Crippen molar-refractivity contribution in [1.29, 1.82) is 0 Å². The Hall–Kier alpha value is -2.68. The molecule has 0 aliphatic carbocycles. The lowest BCUT2D eigenvalue weighted by molar-refractivity contribution is -0.117. The summed E-state index contributed by atoms with van der Waals surface area (Å²) >= 11 is 1.04. The normalized spacial score (nSPS) is 10.1. The standard InChI is InChI=1S/C14H14FN5O2S/c1-2-7-16-13(22)18-12(21)8-23-14-19-17-9-20(14)11-6-4-3-5-10(11)15/h2-6,9H,1,7-8H2,(H2,16,18,21,22). The van der Waals surface area contributed by atoms with E-state index in [1.54, 1.807) is 18.2 Å². The molecule has 7 nitrogen and oxygen atoms in total. The molecule has 0 spiro atoms. The van der Waals surface area contributed by atoms with Gasteiger partial charge in [0.05, 0.1) is 11.4 Å². The Bertz CT molecular complexity index is 719. The fourth-order valence-corrected chi connectivity index (χ4v) is 2.36. The number of benzene rings is 1. The molecule has 9 heteroatoms. The third kappa shape index (κ3) is 4.65. The molecule has 2 aromatic rings. The number of carbonyl (C=O) groups is 2. The van der Waals surface area contributed by atoms with Crippen LogP contribution in [-0.2, 0) is 4.79 Å². The lowest BCUT2D eigenvalue weighted by Crippen LogP contribution is -2.40. The smallest absolute Gasteiger partial charge is 0.321 e. The quantitative estimate of drug-likeness (QED) is 0.617. The second-order valence-electron chi connectivity index (χ2n) is 4.27. The number of para-hydroxylation sites is 1. The summed E-state index contributed by atoms with van der Waals surface area (Å²) in [5.74, 6) is -0.990. The van der Waals surface area contributed by atoms with Crippen molar-refractivity contribution in [2.45, 2.75) is 5.16 Å². The molecule has 0 bridgehead atoms. The maximum absolute atomic E-state index is 13.8. The lowest BCUT2D eigenvalue weighted by Gasteiger charge is -2.07. The van der Waals surface area contributed by atoms with Crippen molar-refractivity contribution >= 4 is 23.7 Å². The molecule has 120 valence electrons. The van der Waals surface area contributed by atoms with E-state index in [-0.39, 0.29) is 18.0 Å². The monoisotopic (exact) mass is 335 g/mol. The topological polar surface area (TPSA) is 88.9 Å². The highest BCUT2D eigenvalue weighted by atomic mass is 32.2. The van der Waals surface area contributed by atoms with Gasteiger partial charge in [0.15, 0.2) is 5.16 Å². The molecule has 0 aliphatic rings. The number of rotatable bonds is 6. The molecule has 1 aromatic heterocycles. The van der Waals surface area contributed by atoms with Gasteiger partial charge in [-0.05, 0) is 12.1 Å². The number of hydrogen-bond donors (Lipinski definition) is 2. The summed E-state index contributed by atoms with van der Waals surface area (Å²) in [6.45, 7) is 3.71. The fourth-order valence-electron chi connectivity index (χ4n) is 1.64. The van der Waals surface area contributed by atoms with Crippen LogP contribution in [0.1, 0.15) is 0 Å². The zero-order valence-corrected chi connectivity index (χ0v) is 12.8. The van der Waals surface area contributed by atoms with Crippen molar-refractivity contribution in [1.82, 2.24) is 25.4 Å². The highest BCUT2D eigenvalue weighted by Crippen LogP contribution is 2.20. The van der Waals surface area contributed by atoms with Gasteiger partial charge in [-0.1, -0.05) is 30.0 Å². The zero-order chi connectivity index (χ0) is 16.7. The van der Waals surface area contributed by atoms with Gasteiger partial charge in [-0.2, -0.15) is 0 Å². The molecule has 1 heterocycles. The van der Waals surface area contributed by atoms with Crippen molar-refractivity contribution in [2.24, 2.45) is 0 Å². The van der Waals surface area contributed by atoms with E-state index < -0.39 is 17.8 Å². The predicted octanol–water partition coefficient (Wildman–Crippen LogP) is 1.51. The Kier molecular flexibility index (Phi) is 5.87. The van der Waals surface area contributed by atoms with Crippen molar-refractivity contribution in [3.05, 3.63) is 49.1 Å². The van der Waals surface area contributed by atoms with Crippen LogP contribution in [0.25, 0.3) is 5.69 Å². The molecule has 0 saturated carbocycles. The van der Waals surface area contributed by atoms with Gasteiger partial charge in [-0.3, -0.25) is 14.7 Å². The number of nitrogens with zero attached hydrogens (tertiary/aromatic N) is 3. The van der Waals surface area contributed by atoms with Gasteiger partial charge in [0, 0.05) is 6.54 Å². The maximum Gasteiger partial charge on any atom is 0.321 e. The number of carbonyl (C=O) groups excluding carboxylic acids is 2. The zero-order valence-electron chi connectivity index (χ0n) is 12.0. The third-order valence-electron chi connectivity index (χ3n) is 2.62. The molecule has 0 fully saturated rings. The summed E-state index contributed by atoms with van der Waals surface area (Å²) in [4.78, 5) is 23.0. The van der Waals surface area contributed by atoms with Crippen LogP contribution in [0, 0.1) is 5.82 Å². The lowest BCUT2D eigenvalue weighted by atomic mass is 10.3. The van der Waals surface area contributed by atoms with E-state index in [4.69, 9.17) is 0 Å². The predicted molar refractivity (Wildman–Crippen MR) is 83.8 cm³/mol. The van der Waals surface area contributed by atoms with Crippen molar-refractivity contribution in [2.75, 3.05) is 12.3 Å². The van der Waals surface area contributed by atoms with Crippen LogP contribution >= 0.6 is 11.8 Å². The van der Waals surface area contributed by atoms with Gasteiger partial charge >= 0.3 is 6.03 Å². The molecule has 23 heavy (non-hydrogen) atoms. The summed E-state index contributed by atoms with van der Waals surface area (Å²) in [6, 6.07) is 5.55. The Labute approximate surface area is 136 Å². The molecule has 0 atom stereocenters. The van der Waals surface area contributed by atoms with E-state index in [1.807, 2.05) is 0 Å². The van der Waals surface area contributed by atoms with Crippen molar-refractivity contribution in [3.63, 3.8) is 0 Å². The van der Waals surface area contributed by atoms with Gasteiger partial charge in [-0.15, -0.1) is 16.8 Å². The van der Waals surface area contributed by atoms with Crippen molar-refractivity contribution < 1.29 is 14.0 Å². The minimum absolute atomic E-state index is 0.0609. The second kappa shape index (κ2) is 8.08. The Balaban J connectivity index is 1.96. The maximum atomic E-state index is 13.8. The molecule has 2 N–H and O–H groups in total. The van der Waals surface area contributed by atoms with E-state index in [2.05, 4.69) is 27.4 Å². The summed E-state index contributed by atoms with van der Waals surface area (Å²) in [7, 11) is 0. The molecule has 0 radical (unpaired) electrons. The van der Waals surface area contributed by atoms with Crippen LogP contribution in [0.5, 0.6) is 0 Å². The van der Waals surface area contributed by atoms with E-state index in [9.17, 15) is 14.0 Å². The number of halogens is 1. The first kappa shape index (κ1) is 16.7. The Morgan fingerprint density at radius 3 is 2.91 bits per heavy atom. The molecular weight excluding hydrogens is 321 g/mol. The number of hydrogen-bond acceptors (Lipinski definition) is 5. The number of thioether (sulfide) groups is 1. The van der Waals surface area contributed by atoms with Gasteiger partial charge in [-0.25, -0.2) is 9.18 Å². The second-order valence-corrected chi connectivity index (χ2v) is 5.21. The van der Waals surface area contributed by atoms with Crippen LogP contribution in [0.2, 0.25) is 0 Å². The highest BCUT2D eigenvalue weighted by Gasteiger charge is 2.13. The van der Waals surface area contributed by atoms with Crippen LogP contribution in [0.15, 0.2) is 48.4 Å². The SMILES string of the molecule is C=CCNC(=O)NC(=O)CSc1nncn1-c1ccccc1F. The largest absolute Gasteiger partial charge is 0.334 e. The highest BCUT2D eigenvalue weighted by molar-refractivity contribution is 7.99. The number of nitrogens with one attached hydrogen (secondary N) is 2. The van der Waals surface area contributed by atoms with Gasteiger partial charge < -0.3 is 5.32 Å². The summed E-state index contributed by atoms with van der Waals surface area (Å²) < 4.78 is 15.2. The molecule has 0 aliphatic heterocycles. The summed E-state index contributed by atoms with van der Waals surface area (Å²) in [5.41, 5.74) is 0.282. The number of amides is 3. The molecule has 3 amide bonds. The first-order chi connectivity index (χ1) is 11.1. The van der Waals surface area contributed by atoms with E-state index >= 15 is 0 Å². The summed E-state index contributed by atoms with van der Waals surface area (Å²) in [6.07, 6.45) is 2.85. The number of urea groups is 1. The first-order valence-corrected chi connectivity index (χ1v) is 7.56. The number of aromatic nitrogens is 3. The number of imide groups is 1. The Morgan fingerprint density at radius 2 is 2.17 bits per heavy atom. The first-order valence-electron chi connectivity index (χ1n) is 6.58. The van der Waals surface area contributed by atoms with Gasteiger partial charge in [0.25, 0.3) is 0 Å². The molecule has 0 saturated heterocycles. The minimum atomic E-state index is -0.605. The molecule has 0 unspecified atom stereocenters.